The van der Waals surface area contributed by atoms with Crippen molar-refractivity contribution in [1.82, 2.24) is 15.2 Å². The molecule has 1 unspecified atom stereocenters. The standard InChI is InChI=1S/C22H27N3O2/c1-2-19(15-18-7-4-3-5-8-18)22(26)24-17-21(20-9-6-10-23-16-20)25-11-13-27-14-12-25/h3-10,15-16,21H,2,11-14,17H2,1H3,(H,24,26)/b19-15+. The van der Waals surface area contributed by atoms with Gasteiger partial charge in [-0.2, -0.15) is 0 Å². The Kier molecular flexibility index (Phi) is 7.13. The zero-order valence-corrected chi connectivity index (χ0v) is 15.8. The number of aromatic nitrogens is 1. The van der Waals surface area contributed by atoms with E-state index in [1.54, 1.807) is 6.20 Å². The van der Waals surface area contributed by atoms with Crippen LogP contribution in [0.4, 0.5) is 0 Å². The number of pyridine rings is 1. The van der Waals surface area contributed by atoms with E-state index in [2.05, 4.69) is 21.3 Å². The molecule has 1 aliphatic heterocycles. The Hall–Kier alpha value is -2.50. The highest BCUT2D eigenvalue weighted by atomic mass is 16.5. The number of carbonyl (C=O) groups is 1. The monoisotopic (exact) mass is 365 g/mol. The maximum absolute atomic E-state index is 12.8. The first-order chi connectivity index (χ1) is 13.3. The molecule has 1 aromatic carbocycles. The quantitative estimate of drug-likeness (QED) is 0.766. The van der Waals surface area contributed by atoms with E-state index in [1.165, 1.54) is 0 Å². The van der Waals surface area contributed by atoms with E-state index in [0.29, 0.717) is 13.0 Å². The van der Waals surface area contributed by atoms with Gasteiger partial charge in [0.2, 0.25) is 5.91 Å². The lowest BCUT2D eigenvalue weighted by Crippen LogP contribution is -2.44. The molecule has 1 aromatic heterocycles. The van der Waals surface area contributed by atoms with Crippen molar-refractivity contribution in [3.05, 3.63) is 71.6 Å². The van der Waals surface area contributed by atoms with Crippen LogP contribution in [0, 0.1) is 0 Å². The summed E-state index contributed by atoms with van der Waals surface area (Å²) in [4.78, 5) is 19.4. The third-order valence-corrected chi connectivity index (χ3v) is 4.82. The molecule has 0 aliphatic carbocycles. The van der Waals surface area contributed by atoms with Crippen LogP contribution in [0.2, 0.25) is 0 Å². The van der Waals surface area contributed by atoms with Crippen LogP contribution in [-0.4, -0.2) is 48.6 Å². The number of ether oxygens (including phenoxy) is 1. The Balaban J connectivity index is 1.70. The Morgan fingerprint density at radius 1 is 1.22 bits per heavy atom. The minimum absolute atomic E-state index is 0.0106. The molecule has 0 radical (unpaired) electrons. The van der Waals surface area contributed by atoms with E-state index in [9.17, 15) is 4.79 Å². The maximum Gasteiger partial charge on any atom is 0.247 e. The Labute approximate surface area is 161 Å². The van der Waals surface area contributed by atoms with Crippen LogP contribution in [0.3, 0.4) is 0 Å². The molecule has 3 rings (SSSR count). The number of nitrogens with zero attached hydrogens (tertiary/aromatic N) is 2. The van der Waals surface area contributed by atoms with E-state index in [-0.39, 0.29) is 11.9 Å². The SMILES string of the molecule is CC/C(=C\c1ccccc1)C(=O)NCC(c1cccnc1)N1CCOCC1. The highest BCUT2D eigenvalue weighted by Gasteiger charge is 2.23. The predicted molar refractivity (Wildman–Crippen MR) is 107 cm³/mol. The van der Waals surface area contributed by atoms with E-state index in [1.807, 2.05) is 55.6 Å². The van der Waals surface area contributed by atoms with Crippen molar-refractivity contribution in [2.75, 3.05) is 32.8 Å². The van der Waals surface area contributed by atoms with Crippen molar-refractivity contribution >= 4 is 12.0 Å². The first-order valence-corrected chi connectivity index (χ1v) is 9.53. The molecule has 1 fully saturated rings. The van der Waals surface area contributed by atoms with Crippen LogP contribution in [0.25, 0.3) is 6.08 Å². The fourth-order valence-corrected chi connectivity index (χ4v) is 3.30. The third-order valence-electron chi connectivity index (χ3n) is 4.82. The molecule has 1 saturated heterocycles. The zero-order chi connectivity index (χ0) is 18.9. The fourth-order valence-electron chi connectivity index (χ4n) is 3.30. The van der Waals surface area contributed by atoms with E-state index in [4.69, 9.17) is 4.74 Å². The van der Waals surface area contributed by atoms with E-state index < -0.39 is 0 Å². The van der Waals surface area contributed by atoms with Crippen LogP contribution >= 0.6 is 0 Å². The van der Waals surface area contributed by atoms with Gasteiger partial charge in [0.25, 0.3) is 0 Å². The molecular weight excluding hydrogens is 338 g/mol. The lowest BCUT2D eigenvalue weighted by atomic mass is 10.1. The highest BCUT2D eigenvalue weighted by molar-refractivity contribution is 5.97. The number of carbonyl (C=O) groups excluding carboxylic acids is 1. The summed E-state index contributed by atoms with van der Waals surface area (Å²) in [7, 11) is 0. The van der Waals surface area contributed by atoms with Gasteiger partial charge in [0.1, 0.15) is 0 Å². The summed E-state index contributed by atoms with van der Waals surface area (Å²) >= 11 is 0. The molecular formula is C22H27N3O2. The molecule has 2 heterocycles. The zero-order valence-electron chi connectivity index (χ0n) is 15.8. The predicted octanol–water partition coefficient (Wildman–Crippen LogP) is 3.06. The Morgan fingerprint density at radius 2 is 2.00 bits per heavy atom. The van der Waals surface area contributed by atoms with Gasteiger partial charge in [-0.05, 0) is 29.7 Å². The van der Waals surface area contributed by atoms with Gasteiger partial charge in [-0.25, -0.2) is 0 Å². The summed E-state index contributed by atoms with van der Waals surface area (Å²) in [6.45, 7) is 5.72. The molecule has 1 atom stereocenters. The Bertz CT molecular complexity index is 741. The molecule has 1 aliphatic rings. The van der Waals surface area contributed by atoms with E-state index >= 15 is 0 Å². The highest BCUT2D eigenvalue weighted by Crippen LogP contribution is 2.21. The largest absolute Gasteiger partial charge is 0.379 e. The van der Waals surface area contributed by atoms with Crippen molar-refractivity contribution in [2.45, 2.75) is 19.4 Å². The average molecular weight is 365 g/mol. The lowest BCUT2D eigenvalue weighted by Gasteiger charge is -2.34. The fraction of sp³-hybridized carbons (Fsp3) is 0.364. The number of morpholine rings is 1. The second kappa shape index (κ2) is 10.00. The number of benzene rings is 1. The average Bonchev–Trinajstić information content (AvgIpc) is 2.74. The number of hydrogen-bond acceptors (Lipinski definition) is 4. The second-order valence-electron chi connectivity index (χ2n) is 6.59. The van der Waals surface area contributed by atoms with Crippen LogP contribution in [-0.2, 0) is 9.53 Å². The van der Waals surface area contributed by atoms with Gasteiger partial charge >= 0.3 is 0 Å². The van der Waals surface area contributed by atoms with Gasteiger partial charge < -0.3 is 10.1 Å². The maximum atomic E-state index is 12.8. The topological polar surface area (TPSA) is 54.5 Å². The van der Waals surface area contributed by atoms with Crippen molar-refractivity contribution in [1.29, 1.82) is 0 Å². The van der Waals surface area contributed by atoms with Crippen LogP contribution in [0.15, 0.2) is 60.4 Å². The number of hydrogen-bond donors (Lipinski definition) is 1. The molecule has 1 amide bonds. The molecule has 1 N–H and O–H groups in total. The van der Waals surface area contributed by atoms with Crippen molar-refractivity contribution in [2.24, 2.45) is 0 Å². The van der Waals surface area contributed by atoms with Crippen LogP contribution in [0.1, 0.15) is 30.5 Å². The number of amides is 1. The van der Waals surface area contributed by atoms with Crippen molar-refractivity contribution < 1.29 is 9.53 Å². The van der Waals surface area contributed by atoms with E-state index in [0.717, 1.165) is 43.0 Å². The van der Waals surface area contributed by atoms with Gasteiger partial charge in [-0.15, -0.1) is 0 Å². The lowest BCUT2D eigenvalue weighted by molar-refractivity contribution is -0.117. The van der Waals surface area contributed by atoms with Crippen molar-refractivity contribution in [3.8, 4) is 0 Å². The number of rotatable bonds is 7. The smallest absolute Gasteiger partial charge is 0.247 e. The van der Waals surface area contributed by atoms with Gasteiger partial charge in [-0.1, -0.05) is 43.3 Å². The summed E-state index contributed by atoms with van der Waals surface area (Å²) in [5.74, 6) is -0.0106. The van der Waals surface area contributed by atoms with Crippen LogP contribution in [0.5, 0.6) is 0 Å². The normalized spacial score (nSPS) is 16.7. The molecule has 5 heteroatoms. The first kappa shape index (κ1) is 19.3. The number of nitrogens with one attached hydrogen (secondary N) is 1. The summed E-state index contributed by atoms with van der Waals surface area (Å²) in [5.41, 5.74) is 2.94. The van der Waals surface area contributed by atoms with Gasteiger partial charge in [0.15, 0.2) is 0 Å². The summed E-state index contributed by atoms with van der Waals surface area (Å²) in [5, 5.41) is 3.13. The second-order valence-corrected chi connectivity index (χ2v) is 6.59. The molecule has 0 saturated carbocycles. The summed E-state index contributed by atoms with van der Waals surface area (Å²) in [6.07, 6.45) is 6.31. The van der Waals surface area contributed by atoms with Crippen LogP contribution < -0.4 is 5.32 Å². The third kappa shape index (κ3) is 5.49. The minimum Gasteiger partial charge on any atom is -0.379 e. The Morgan fingerprint density at radius 3 is 2.67 bits per heavy atom. The van der Waals surface area contributed by atoms with Crippen molar-refractivity contribution in [3.63, 3.8) is 0 Å². The molecule has 0 spiro atoms. The van der Waals surface area contributed by atoms with Gasteiger partial charge in [0, 0.05) is 37.6 Å². The summed E-state index contributed by atoms with van der Waals surface area (Å²) in [6, 6.07) is 14.1. The first-order valence-electron chi connectivity index (χ1n) is 9.53. The minimum atomic E-state index is -0.0106. The van der Waals surface area contributed by atoms with Gasteiger partial charge in [0.05, 0.1) is 19.3 Å². The molecule has 5 nitrogen and oxygen atoms in total. The molecule has 0 bridgehead atoms. The van der Waals surface area contributed by atoms with Gasteiger partial charge in [-0.3, -0.25) is 14.7 Å². The molecule has 2 aromatic rings. The molecule has 27 heavy (non-hydrogen) atoms. The molecule has 142 valence electrons. The summed E-state index contributed by atoms with van der Waals surface area (Å²) < 4.78 is 5.48.